The summed E-state index contributed by atoms with van der Waals surface area (Å²) in [7, 11) is 0. The molecular formula is C10H10N2. The number of aliphatic imine (C=N–C) groups is 1. The maximum atomic E-state index is 4.30. The number of pyridine rings is 1. The van der Waals surface area contributed by atoms with Crippen LogP contribution in [0.15, 0.2) is 35.6 Å². The zero-order valence-electron chi connectivity index (χ0n) is 6.99. The van der Waals surface area contributed by atoms with Crippen molar-refractivity contribution >= 4 is 11.3 Å². The standard InChI is InChI=1S/C10H10N2/c1-8-6-10(7-12-8)9-2-4-11-5-3-9/h2-6H,7H2,1H3. The second kappa shape index (κ2) is 2.89. The molecule has 0 aliphatic carbocycles. The summed E-state index contributed by atoms with van der Waals surface area (Å²) < 4.78 is 0. The predicted octanol–water partition coefficient (Wildman–Crippen LogP) is 1.94. The largest absolute Gasteiger partial charge is 0.285 e. The van der Waals surface area contributed by atoms with Crippen LogP contribution in [-0.2, 0) is 0 Å². The van der Waals surface area contributed by atoms with Gasteiger partial charge in [0.25, 0.3) is 0 Å². The van der Waals surface area contributed by atoms with Gasteiger partial charge in [0.2, 0.25) is 0 Å². The summed E-state index contributed by atoms with van der Waals surface area (Å²) in [5.41, 5.74) is 3.63. The molecule has 1 aliphatic heterocycles. The smallest absolute Gasteiger partial charge is 0.0649 e. The van der Waals surface area contributed by atoms with Crippen molar-refractivity contribution in [3.63, 3.8) is 0 Å². The second-order valence-corrected chi connectivity index (χ2v) is 2.86. The highest BCUT2D eigenvalue weighted by Crippen LogP contribution is 2.17. The molecule has 0 atom stereocenters. The maximum absolute atomic E-state index is 4.30. The molecule has 12 heavy (non-hydrogen) atoms. The maximum Gasteiger partial charge on any atom is 0.0649 e. The summed E-state index contributed by atoms with van der Waals surface area (Å²) in [6.07, 6.45) is 5.74. The Kier molecular flexibility index (Phi) is 1.74. The lowest BCUT2D eigenvalue weighted by atomic mass is 10.1. The fourth-order valence-electron chi connectivity index (χ4n) is 1.29. The third kappa shape index (κ3) is 1.28. The lowest BCUT2D eigenvalue weighted by Crippen LogP contribution is -1.84. The van der Waals surface area contributed by atoms with Crippen LogP contribution in [0.2, 0.25) is 0 Å². The lowest BCUT2D eigenvalue weighted by Gasteiger charge is -1.97. The summed E-state index contributed by atoms with van der Waals surface area (Å²) in [5, 5.41) is 0. The van der Waals surface area contributed by atoms with Crippen LogP contribution in [0, 0.1) is 0 Å². The summed E-state index contributed by atoms with van der Waals surface area (Å²) in [6, 6.07) is 4.03. The van der Waals surface area contributed by atoms with Crippen LogP contribution in [0.1, 0.15) is 12.5 Å². The first kappa shape index (κ1) is 7.22. The van der Waals surface area contributed by atoms with Gasteiger partial charge in [0.1, 0.15) is 0 Å². The van der Waals surface area contributed by atoms with Gasteiger partial charge in [-0.25, -0.2) is 0 Å². The van der Waals surface area contributed by atoms with Gasteiger partial charge in [-0.2, -0.15) is 0 Å². The summed E-state index contributed by atoms with van der Waals surface area (Å²) in [5.74, 6) is 0. The Labute approximate surface area is 71.7 Å². The summed E-state index contributed by atoms with van der Waals surface area (Å²) in [6.45, 7) is 2.84. The molecule has 1 aromatic rings. The molecule has 0 spiro atoms. The van der Waals surface area contributed by atoms with Crippen molar-refractivity contribution in [1.29, 1.82) is 0 Å². The van der Waals surface area contributed by atoms with Crippen molar-refractivity contribution in [3.8, 4) is 0 Å². The van der Waals surface area contributed by atoms with Gasteiger partial charge < -0.3 is 0 Å². The zero-order valence-corrected chi connectivity index (χ0v) is 6.99. The van der Waals surface area contributed by atoms with Crippen LogP contribution >= 0.6 is 0 Å². The van der Waals surface area contributed by atoms with Gasteiger partial charge in [-0.1, -0.05) is 0 Å². The van der Waals surface area contributed by atoms with Gasteiger partial charge in [0.15, 0.2) is 0 Å². The van der Waals surface area contributed by atoms with Gasteiger partial charge in [-0.05, 0) is 36.3 Å². The molecule has 0 fully saturated rings. The summed E-state index contributed by atoms with van der Waals surface area (Å²) >= 11 is 0. The Hall–Kier alpha value is -1.44. The fourth-order valence-corrected chi connectivity index (χ4v) is 1.29. The molecule has 0 amide bonds. The topological polar surface area (TPSA) is 25.2 Å². The minimum Gasteiger partial charge on any atom is -0.285 e. The van der Waals surface area contributed by atoms with E-state index >= 15 is 0 Å². The minimum atomic E-state index is 0.815. The van der Waals surface area contributed by atoms with Crippen LogP contribution in [0.25, 0.3) is 5.57 Å². The quantitative estimate of drug-likeness (QED) is 0.613. The van der Waals surface area contributed by atoms with Crippen LogP contribution in [0.4, 0.5) is 0 Å². The van der Waals surface area contributed by atoms with E-state index in [0.29, 0.717) is 0 Å². The van der Waals surface area contributed by atoms with Gasteiger partial charge in [0.05, 0.1) is 6.54 Å². The number of rotatable bonds is 1. The molecule has 2 nitrogen and oxygen atoms in total. The Bertz CT molecular complexity index is 336. The minimum absolute atomic E-state index is 0.815. The number of nitrogens with zero attached hydrogens (tertiary/aromatic N) is 2. The molecule has 0 unspecified atom stereocenters. The average Bonchev–Trinajstić information content (AvgIpc) is 2.54. The first-order valence-corrected chi connectivity index (χ1v) is 3.98. The predicted molar refractivity (Wildman–Crippen MR) is 50.2 cm³/mol. The number of allylic oxidation sites excluding steroid dienone is 1. The SMILES string of the molecule is CC1=NCC(c2ccncc2)=C1. The Morgan fingerprint density at radius 3 is 2.58 bits per heavy atom. The van der Waals surface area contributed by atoms with Crippen molar-refractivity contribution in [3.05, 3.63) is 36.2 Å². The lowest BCUT2D eigenvalue weighted by molar-refractivity contribution is 1.26. The van der Waals surface area contributed by atoms with Crippen molar-refractivity contribution in [2.24, 2.45) is 4.99 Å². The highest BCUT2D eigenvalue weighted by molar-refractivity contribution is 6.03. The molecule has 2 rings (SSSR count). The van der Waals surface area contributed by atoms with Crippen molar-refractivity contribution in [2.45, 2.75) is 6.92 Å². The van der Waals surface area contributed by atoms with Gasteiger partial charge in [-0.15, -0.1) is 0 Å². The van der Waals surface area contributed by atoms with Crippen LogP contribution < -0.4 is 0 Å². The first-order valence-electron chi connectivity index (χ1n) is 3.98. The van der Waals surface area contributed by atoms with E-state index in [9.17, 15) is 0 Å². The van der Waals surface area contributed by atoms with Crippen LogP contribution in [0.3, 0.4) is 0 Å². The molecule has 0 radical (unpaired) electrons. The molecular weight excluding hydrogens is 148 g/mol. The third-order valence-corrected chi connectivity index (χ3v) is 1.93. The molecule has 2 heterocycles. The van der Waals surface area contributed by atoms with Crippen molar-refractivity contribution < 1.29 is 0 Å². The Balaban J connectivity index is 2.30. The highest BCUT2D eigenvalue weighted by Gasteiger charge is 2.05. The van der Waals surface area contributed by atoms with Gasteiger partial charge in [-0.3, -0.25) is 9.98 Å². The number of hydrogen-bond donors (Lipinski definition) is 0. The molecule has 60 valence electrons. The summed E-state index contributed by atoms with van der Waals surface area (Å²) in [4.78, 5) is 8.27. The van der Waals surface area contributed by atoms with E-state index in [1.54, 1.807) is 0 Å². The van der Waals surface area contributed by atoms with E-state index in [-0.39, 0.29) is 0 Å². The molecule has 0 bridgehead atoms. The molecule has 0 N–H and O–H groups in total. The van der Waals surface area contributed by atoms with E-state index in [0.717, 1.165) is 12.3 Å². The fraction of sp³-hybridized carbons (Fsp3) is 0.200. The van der Waals surface area contributed by atoms with Crippen molar-refractivity contribution in [1.82, 2.24) is 4.98 Å². The highest BCUT2D eigenvalue weighted by atomic mass is 14.7. The van der Waals surface area contributed by atoms with E-state index in [1.165, 1.54) is 11.1 Å². The normalized spacial score (nSPS) is 15.8. The monoisotopic (exact) mass is 158 g/mol. The molecule has 0 saturated heterocycles. The van der Waals surface area contributed by atoms with Crippen molar-refractivity contribution in [2.75, 3.05) is 6.54 Å². The molecule has 2 heteroatoms. The molecule has 1 aliphatic rings. The van der Waals surface area contributed by atoms with Gasteiger partial charge >= 0.3 is 0 Å². The molecule has 1 aromatic heterocycles. The second-order valence-electron chi connectivity index (χ2n) is 2.86. The Morgan fingerprint density at radius 1 is 1.25 bits per heavy atom. The number of aromatic nitrogens is 1. The first-order chi connectivity index (χ1) is 5.86. The Morgan fingerprint density at radius 2 is 2.00 bits per heavy atom. The van der Waals surface area contributed by atoms with Crippen LogP contribution in [-0.4, -0.2) is 17.2 Å². The van der Waals surface area contributed by atoms with E-state index < -0.39 is 0 Å². The average molecular weight is 158 g/mol. The third-order valence-electron chi connectivity index (χ3n) is 1.93. The van der Waals surface area contributed by atoms with Gasteiger partial charge in [0, 0.05) is 18.1 Å². The zero-order chi connectivity index (χ0) is 8.39. The molecule has 0 saturated carbocycles. The van der Waals surface area contributed by atoms with Crippen LogP contribution in [0.5, 0.6) is 0 Å². The van der Waals surface area contributed by atoms with E-state index in [1.807, 2.05) is 31.5 Å². The van der Waals surface area contributed by atoms with E-state index in [4.69, 9.17) is 0 Å². The molecule has 0 aromatic carbocycles. The van der Waals surface area contributed by atoms with E-state index in [2.05, 4.69) is 16.1 Å². The number of hydrogen-bond acceptors (Lipinski definition) is 2.